The van der Waals surface area contributed by atoms with Crippen LogP contribution in [0.3, 0.4) is 0 Å². The number of fused-ring (bicyclic) bond motifs is 4. The number of aryl methyl sites for hydroxylation is 1. The molecular formula is C57H58GeIrN4S-2. The van der Waals surface area contributed by atoms with Crippen LogP contribution in [-0.2, 0) is 26.5 Å². The van der Waals surface area contributed by atoms with E-state index in [-0.39, 0.29) is 20.1 Å². The summed E-state index contributed by atoms with van der Waals surface area (Å²) in [5, 5.41) is 2.39. The quantitative estimate of drug-likeness (QED) is 0.107. The van der Waals surface area contributed by atoms with Crippen molar-refractivity contribution in [3.05, 3.63) is 162 Å². The number of nitrogens with zero attached hydrogens (tertiary/aromatic N) is 4. The van der Waals surface area contributed by atoms with Gasteiger partial charge >= 0.3 is 137 Å². The van der Waals surface area contributed by atoms with Crippen LogP contribution in [0.1, 0.15) is 87.6 Å². The molecule has 0 atom stereocenters. The number of hydrogen-bond acceptors (Lipinski definition) is 4. The molecule has 0 spiro atoms. The Bertz CT molecular complexity index is 3020. The van der Waals surface area contributed by atoms with Gasteiger partial charge in [-0.05, 0) is 81.4 Å². The van der Waals surface area contributed by atoms with Crippen molar-refractivity contribution in [3.63, 3.8) is 0 Å². The average molecular weight is 1100 g/mol. The Morgan fingerprint density at radius 2 is 1.44 bits per heavy atom. The molecule has 0 bridgehead atoms. The van der Waals surface area contributed by atoms with Gasteiger partial charge in [0.15, 0.2) is 0 Å². The second kappa shape index (κ2) is 19.4. The van der Waals surface area contributed by atoms with Crippen LogP contribution >= 0.6 is 11.3 Å². The number of rotatable bonds is 9. The molecule has 4 nitrogen and oxygen atoms in total. The van der Waals surface area contributed by atoms with Crippen LogP contribution < -0.4 is 4.40 Å². The van der Waals surface area contributed by atoms with E-state index in [0.717, 1.165) is 50.1 Å². The molecule has 5 aromatic carbocycles. The van der Waals surface area contributed by atoms with Crippen molar-refractivity contribution >= 4 is 60.3 Å². The summed E-state index contributed by atoms with van der Waals surface area (Å²) in [5.74, 6) is 9.88. The Hall–Kier alpha value is -4.72. The maximum absolute atomic E-state index is 5.25. The minimum Gasteiger partial charge on any atom is 0 e. The molecule has 4 aromatic heterocycles. The standard InChI is InChI=1S/C37H32N3S.C20H26GeN.Ir/c1-22(2)29-20-27(25-11-7-6-8-12-25)21-30(23(3)4)35(29)40-33-14-10-9-13-32(33)39-36(40)26-16-18-34-31(19-26)28-17-15-24(5)38-37(28)41-34;1-21(2,3)19-15-22-20(17-11-5-4-6-12-17)14-18(19)13-16-9-7-8-10-16;/h6-15,17-23H,1-5H3;4-6,11,14-16H,7-10,13H2,1-3H3;/q2*-1;. The summed E-state index contributed by atoms with van der Waals surface area (Å²) in [6, 6.07) is 50.1. The van der Waals surface area contributed by atoms with E-state index in [1.165, 1.54) is 75.5 Å². The summed E-state index contributed by atoms with van der Waals surface area (Å²) in [6.45, 7) is 11.2. The van der Waals surface area contributed by atoms with E-state index in [2.05, 4.69) is 177 Å². The van der Waals surface area contributed by atoms with E-state index < -0.39 is 13.3 Å². The van der Waals surface area contributed by atoms with Crippen LogP contribution in [0.5, 0.6) is 0 Å². The molecule has 9 aromatic rings. The van der Waals surface area contributed by atoms with Gasteiger partial charge in [-0.3, -0.25) is 4.98 Å². The van der Waals surface area contributed by atoms with Crippen LogP contribution in [0.4, 0.5) is 0 Å². The Morgan fingerprint density at radius 3 is 2.12 bits per heavy atom. The van der Waals surface area contributed by atoms with Crippen LogP contribution in [0.25, 0.3) is 70.8 Å². The molecule has 7 heteroatoms. The number of imidazole rings is 1. The van der Waals surface area contributed by atoms with Crippen molar-refractivity contribution < 1.29 is 20.1 Å². The van der Waals surface area contributed by atoms with E-state index in [4.69, 9.17) is 15.0 Å². The van der Waals surface area contributed by atoms with E-state index in [1.54, 1.807) is 21.3 Å². The molecule has 0 amide bonds. The number of aromatic nitrogens is 4. The Balaban J connectivity index is 0.000000206. The third-order valence-electron chi connectivity index (χ3n) is 12.7. The molecule has 0 N–H and O–H groups in total. The van der Waals surface area contributed by atoms with Crippen molar-refractivity contribution in [1.82, 2.24) is 19.5 Å². The summed E-state index contributed by atoms with van der Waals surface area (Å²) < 4.78 is 5.18. The van der Waals surface area contributed by atoms with Gasteiger partial charge < -0.3 is 4.57 Å². The van der Waals surface area contributed by atoms with E-state index in [9.17, 15) is 0 Å². The maximum Gasteiger partial charge on any atom is 0 e. The predicted molar refractivity (Wildman–Crippen MR) is 272 cm³/mol. The first-order valence-electron chi connectivity index (χ1n) is 22.8. The van der Waals surface area contributed by atoms with Crippen molar-refractivity contribution in [1.29, 1.82) is 0 Å². The molecule has 1 fully saturated rings. The third-order valence-corrected chi connectivity index (χ3v) is 18.1. The summed E-state index contributed by atoms with van der Waals surface area (Å²) in [4.78, 5) is 15.9. The van der Waals surface area contributed by atoms with Gasteiger partial charge in [0.1, 0.15) is 4.83 Å². The largest absolute Gasteiger partial charge is 0 e. The molecule has 64 heavy (non-hydrogen) atoms. The van der Waals surface area contributed by atoms with Gasteiger partial charge in [0, 0.05) is 31.5 Å². The van der Waals surface area contributed by atoms with E-state index in [1.807, 2.05) is 19.1 Å². The number of pyridine rings is 2. The zero-order valence-electron chi connectivity index (χ0n) is 38.4. The van der Waals surface area contributed by atoms with Gasteiger partial charge in [-0.1, -0.05) is 81.6 Å². The van der Waals surface area contributed by atoms with Gasteiger partial charge in [-0.2, -0.15) is 11.3 Å². The number of thiophene rings is 1. The number of hydrogen-bond donors (Lipinski definition) is 0. The Labute approximate surface area is 400 Å². The summed E-state index contributed by atoms with van der Waals surface area (Å²) in [7, 11) is 0. The summed E-state index contributed by atoms with van der Waals surface area (Å²) >= 11 is -0.143. The fourth-order valence-electron chi connectivity index (χ4n) is 9.44. The first-order valence-corrected chi connectivity index (χ1v) is 31.0. The molecule has 1 aliphatic rings. The van der Waals surface area contributed by atoms with Gasteiger partial charge in [0.25, 0.3) is 0 Å². The van der Waals surface area contributed by atoms with Crippen LogP contribution in [-0.4, -0.2) is 32.8 Å². The molecule has 1 saturated carbocycles. The summed E-state index contributed by atoms with van der Waals surface area (Å²) in [5.41, 5.74) is 14.3. The number of para-hydroxylation sites is 2. The smallest absolute Gasteiger partial charge is 0 e. The monoisotopic (exact) mass is 1100 g/mol. The first-order chi connectivity index (χ1) is 30.4. The summed E-state index contributed by atoms with van der Waals surface area (Å²) in [6.07, 6.45) is 9.08. The maximum atomic E-state index is 5.25. The fourth-order valence-corrected chi connectivity index (χ4v) is 13.9. The fraction of sp³-hybridized carbons (Fsp3) is 0.281. The zero-order valence-corrected chi connectivity index (χ0v) is 43.7. The first kappa shape index (κ1) is 45.8. The van der Waals surface area contributed by atoms with Gasteiger partial charge in [0.05, 0.1) is 16.9 Å². The minimum atomic E-state index is -1.87. The van der Waals surface area contributed by atoms with Crippen molar-refractivity contribution in [2.75, 3.05) is 0 Å². The minimum absolute atomic E-state index is 0. The van der Waals surface area contributed by atoms with Crippen LogP contribution in [0.2, 0.25) is 17.3 Å². The second-order valence-electron chi connectivity index (χ2n) is 19.1. The molecular weight excluding hydrogens is 1040 g/mol. The van der Waals surface area contributed by atoms with Crippen molar-refractivity contribution in [2.24, 2.45) is 5.92 Å². The molecule has 4 heterocycles. The Morgan fingerprint density at radius 1 is 0.734 bits per heavy atom. The second-order valence-corrected chi connectivity index (χ2v) is 30.7. The average Bonchev–Trinajstić information content (AvgIpc) is 4.03. The van der Waals surface area contributed by atoms with Gasteiger partial charge in [-0.15, -0.1) is 23.8 Å². The molecule has 0 unspecified atom stereocenters. The van der Waals surface area contributed by atoms with Crippen molar-refractivity contribution in [3.8, 4) is 39.5 Å². The molecule has 327 valence electrons. The zero-order chi connectivity index (χ0) is 43.8. The van der Waals surface area contributed by atoms with Crippen molar-refractivity contribution in [2.45, 2.75) is 95.8 Å². The predicted octanol–water partition coefficient (Wildman–Crippen LogP) is 15.3. The van der Waals surface area contributed by atoms with E-state index >= 15 is 0 Å². The van der Waals surface area contributed by atoms with Gasteiger partial charge in [-0.25, -0.2) is 4.98 Å². The van der Waals surface area contributed by atoms with Crippen LogP contribution in [0, 0.1) is 25.0 Å². The van der Waals surface area contributed by atoms with Crippen LogP contribution in [0.15, 0.2) is 128 Å². The molecule has 0 saturated heterocycles. The van der Waals surface area contributed by atoms with Gasteiger partial charge in [0.2, 0.25) is 0 Å². The molecule has 1 aliphatic carbocycles. The Kier molecular flexibility index (Phi) is 13.9. The number of benzene rings is 5. The third kappa shape index (κ3) is 9.49. The molecule has 10 rings (SSSR count). The molecule has 1 radical (unpaired) electrons. The SMILES string of the molecule is Cc1ccc2c(n1)sc1c[c-]c(-c3nc4ccccc4n3-c3c(C(C)C)cc(-c4ccccc4)cc3C(C)C)cc12.[CH3][Ge]([CH3])([CH3])[c]1cnc(-c2[c-]cccc2)cc1CC1CCCC1.[Ir]. The molecule has 0 aliphatic heterocycles. The topological polar surface area (TPSA) is 43.6 Å². The normalized spacial score (nSPS) is 13.2. The van der Waals surface area contributed by atoms with E-state index in [0.29, 0.717) is 11.8 Å².